The van der Waals surface area contributed by atoms with Gasteiger partial charge >= 0.3 is 0 Å². The monoisotopic (exact) mass is 554 g/mol. The maximum Gasteiger partial charge on any atom is 0.253 e. The molecule has 0 radical (unpaired) electrons. The maximum atomic E-state index is 13.4. The number of nitrogens with two attached hydrogens (primary N) is 1. The Labute approximate surface area is 237 Å². The summed E-state index contributed by atoms with van der Waals surface area (Å²) in [5.74, 6) is 0.0243. The predicted molar refractivity (Wildman–Crippen MR) is 159 cm³/mol. The molecular weight excluding hydrogens is 508 g/mol. The molecule has 8 heteroatoms. The van der Waals surface area contributed by atoms with Crippen LogP contribution in [-0.4, -0.2) is 54.3 Å². The van der Waals surface area contributed by atoms with Gasteiger partial charge in [0.15, 0.2) is 0 Å². The molecule has 1 aromatic carbocycles. The Morgan fingerprint density at radius 2 is 1.74 bits per heavy atom. The number of hydrogen-bond donors (Lipinski definition) is 3. The quantitative estimate of drug-likeness (QED) is 0.288. The van der Waals surface area contributed by atoms with Crippen LogP contribution in [0.2, 0.25) is 0 Å². The summed E-state index contributed by atoms with van der Waals surface area (Å²) in [6.07, 6.45) is 7.68. The lowest BCUT2D eigenvalue weighted by molar-refractivity contribution is -0.125. The van der Waals surface area contributed by atoms with Gasteiger partial charge in [-0.15, -0.1) is 11.3 Å². The number of benzene rings is 1. The average molecular weight is 555 g/mol. The third kappa shape index (κ3) is 9.46. The van der Waals surface area contributed by atoms with E-state index in [1.165, 1.54) is 25.7 Å². The van der Waals surface area contributed by atoms with Crippen molar-refractivity contribution < 1.29 is 14.4 Å². The Morgan fingerprint density at radius 3 is 2.38 bits per heavy atom. The topological polar surface area (TPSA) is 105 Å². The highest BCUT2D eigenvalue weighted by atomic mass is 32.1. The zero-order valence-electron chi connectivity index (χ0n) is 23.8. The molecule has 0 saturated heterocycles. The molecule has 1 aliphatic carbocycles. The second-order valence-electron chi connectivity index (χ2n) is 10.9. The van der Waals surface area contributed by atoms with Crippen molar-refractivity contribution >= 4 is 29.1 Å². The number of carbonyl (C=O) groups excluding carboxylic acids is 3. The first-order chi connectivity index (χ1) is 18.8. The normalized spacial score (nSPS) is 15.9. The molecule has 4 N–H and O–H groups in total. The minimum absolute atomic E-state index is 0.0217. The van der Waals surface area contributed by atoms with Gasteiger partial charge in [-0.25, -0.2) is 0 Å². The molecule has 1 heterocycles. The molecule has 1 fully saturated rings. The van der Waals surface area contributed by atoms with Crippen LogP contribution >= 0.6 is 11.3 Å². The smallest absolute Gasteiger partial charge is 0.253 e. The highest BCUT2D eigenvalue weighted by Crippen LogP contribution is 2.24. The van der Waals surface area contributed by atoms with Crippen molar-refractivity contribution in [2.24, 2.45) is 17.6 Å². The van der Waals surface area contributed by atoms with Gasteiger partial charge in [-0.2, -0.15) is 0 Å². The molecular formula is C31H46N4O3S. The van der Waals surface area contributed by atoms with Crippen molar-refractivity contribution in [1.82, 2.24) is 15.5 Å². The fourth-order valence-corrected chi connectivity index (χ4v) is 6.12. The standard InChI is InChI=1S/C31H46N4O3S/c1-4-15-35(16-5-2)31(38)25-13-8-12-24(19-25)30(37)34-28(20-26-14-9-17-39-26)27(32)18-22(3)29(36)33-21-23-10-6-7-11-23/h8-9,12-14,17,19,22-23,27-28H,4-7,10-11,15-16,18,20-21,32H2,1-3H3,(H,33,36)(H,34,37)/t22-,27+,28+/m1/s1. The van der Waals surface area contributed by atoms with Crippen LogP contribution < -0.4 is 16.4 Å². The molecule has 3 atom stereocenters. The number of thiophene rings is 1. The summed E-state index contributed by atoms with van der Waals surface area (Å²) < 4.78 is 0. The summed E-state index contributed by atoms with van der Waals surface area (Å²) in [5.41, 5.74) is 7.59. The maximum absolute atomic E-state index is 13.4. The predicted octanol–water partition coefficient (Wildman–Crippen LogP) is 5.01. The van der Waals surface area contributed by atoms with Gasteiger partial charge in [0.05, 0.1) is 0 Å². The highest BCUT2D eigenvalue weighted by Gasteiger charge is 2.27. The van der Waals surface area contributed by atoms with Gasteiger partial charge in [-0.05, 0) is 67.7 Å². The SMILES string of the molecule is CCCN(CCC)C(=O)c1cccc(C(=O)N[C@@H](Cc2cccs2)[C@@H](N)C[C@@H](C)C(=O)NCC2CCCC2)c1. The molecule has 0 unspecified atom stereocenters. The fraction of sp³-hybridized carbons (Fsp3) is 0.581. The number of hydrogen-bond acceptors (Lipinski definition) is 5. The zero-order valence-corrected chi connectivity index (χ0v) is 24.6. The minimum atomic E-state index is -0.405. The summed E-state index contributed by atoms with van der Waals surface area (Å²) in [4.78, 5) is 42.2. The Hall–Kier alpha value is -2.71. The molecule has 0 aliphatic heterocycles. The lowest BCUT2D eigenvalue weighted by Gasteiger charge is -2.27. The van der Waals surface area contributed by atoms with Gasteiger partial charge in [0, 0.05) is 60.1 Å². The van der Waals surface area contributed by atoms with Crippen molar-refractivity contribution in [3.63, 3.8) is 0 Å². The van der Waals surface area contributed by atoms with E-state index in [4.69, 9.17) is 5.73 Å². The van der Waals surface area contributed by atoms with Gasteiger partial charge < -0.3 is 21.3 Å². The van der Waals surface area contributed by atoms with Gasteiger partial charge in [-0.3, -0.25) is 14.4 Å². The minimum Gasteiger partial charge on any atom is -0.356 e. The summed E-state index contributed by atoms with van der Waals surface area (Å²) in [6.45, 7) is 8.12. The Balaban J connectivity index is 1.67. The number of carbonyl (C=O) groups is 3. The number of nitrogens with zero attached hydrogens (tertiary/aromatic N) is 1. The van der Waals surface area contributed by atoms with Crippen LogP contribution in [0.25, 0.3) is 0 Å². The Morgan fingerprint density at radius 1 is 1.05 bits per heavy atom. The average Bonchev–Trinajstić information content (AvgIpc) is 3.65. The molecule has 1 saturated carbocycles. The molecule has 3 amide bonds. The lowest BCUT2D eigenvalue weighted by atomic mass is 9.93. The molecule has 1 aromatic heterocycles. The summed E-state index contributed by atoms with van der Waals surface area (Å²) in [6, 6.07) is 10.2. The largest absolute Gasteiger partial charge is 0.356 e. The van der Waals surface area contributed by atoms with Crippen LogP contribution in [0.15, 0.2) is 41.8 Å². The number of amides is 3. The second kappa shape index (κ2) is 15.8. The van der Waals surface area contributed by atoms with E-state index < -0.39 is 6.04 Å². The van der Waals surface area contributed by atoms with E-state index in [2.05, 4.69) is 24.5 Å². The third-order valence-electron chi connectivity index (χ3n) is 7.59. The zero-order chi connectivity index (χ0) is 28.2. The molecule has 0 spiro atoms. The Kier molecular flexibility index (Phi) is 12.5. The first-order valence-corrected chi connectivity index (χ1v) is 15.5. The van der Waals surface area contributed by atoms with E-state index in [1.54, 1.807) is 35.6 Å². The van der Waals surface area contributed by atoms with Crippen LogP contribution in [0.1, 0.15) is 91.3 Å². The van der Waals surface area contributed by atoms with Crippen molar-refractivity contribution in [3.05, 3.63) is 57.8 Å². The van der Waals surface area contributed by atoms with E-state index in [9.17, 15) is 14.4 Å². The van der Waals surface area contributed by atoms with E-state index in [0.717, 1.165) is 24.3 Å². The molecule has 1 aliphatic rings. The molecule has 7 nitrogen and oxygen atoms in total. The van der Waals surface area contributed by atoms with Crippen molar-refractivity contribution in [2.75, 3.05) is 19.6 Å². The van der Waals surface area contributed by atoms with Crippen LogP contribution in [0.3, 0.4) is 0 Å². The molecule has 214 valence electrons. The summed E-state index contributed by atoms with van der Waals surface area (Å²) in [7, 11) is 0. The Bertz CT molecular complexity index is 1050. The van der Waals surface area contributed by atoms with Crippen molar-refractivity contribution in [1.29, 1.82) is 0 Å². The number of nitrogens with one attached hydrogen (secondary N) is 2. The lowest BCUT2D eigenvalue weighted by Crippen LogP contribution is -2.50. The molecule has 3 rings (SSSR count). The van der Waals surface area contributed by atoms with Crippen LogP contribution in [0.5, 0.6) is 0 Å². The molecule has 2 aromatic rings. The second-order valence-corrected chi connectivity index (χ2v) is 12.0. The molecule has 0 bridgehead atoms. The van der Waals surface area contributed by atoms with Gasteiger partial charge in [0.1, 0.15) is 0 Å². The first kappa shape index (κ1) is 30.8. The van der Waals surface area contributed by atoms with E-state index in [1.807, 2.05) is 29.3 Å². The van der Waals surface area contributed by atoms with Crippen molar-refractivity contribution in [2.45, 2.75) is 84.2 Å². The van der Waals surface area contributed by atoms with Crippen molar-refractivity contribution in [3.8, 4) is 0 Å². The summed E-state index contributed by atoms with van der Waals surface area (Å²) >= 11 is 1.62. The first-order valence-electron chi connectivity index (χ1n) is 14.6. The van der Waals surface area contributed by atoms with Crippen LogP contribution in [-0.2, 0) is 11.2 Å². The van der Waals surface area contributed by atoms with Crippen LogP contribution in [0.4, 0.5) is 0 Å². The van der Waals surface area contributed by atoms with E-state index in [0.29, 0.717) is 43.0 Å². The van der Waals surface area contributed by atoms with Gasteiger partial charge in [-0.1, -0.05) is 45.7 Å². The number of rotatable bonds is 15. The van der Waals surface area contributed by atoms with Crippen LogP contribution in [0, 0.1) is 11.8 Å². The third-order valence-corrected chi connectivity index (χ3v) is 8.49. The van der Waals surface area contributed by atoms with E-state index >= 15 is 0 Å². The summed E-state index contributed by atoms with van der Waals surface area (Å²) in [5, 5.41) is 8.24. The van der Waals surface area contributed by atoms with Gasteiger partial charge in [0.25, 0.3) is 11.8 Å². The van der Waals surface area contributed by atoms with Gasteiger partial charge in [0.2, 0.25) is 5.91 Å². The van der Waals surface area contributed by atoms with E-state index in [-0.39, 0.29) is 29.7 Å². The fourth-order valence-electron chi connectivity index (χ4n) is 5.35. The highest BCUT2D eigenvalue weighted by molar-refractivity contribution is 7.09. The molecule has 39 heavy (non-hydrogen) atoms.